The van der Waals surface area contributed by atoms with Crippen LogP contribution in [0.3, 0.4) is 0 Å². The zero-order chi connectivity index (χ0) is 27.7. The highest BCUT2D eigenvalue weighted by atomic mass is 32.2. The van der Waals surface area contributed by atoms with Gasteiger partial charge in [-0.05, 0) is 66.4 Å². The molecule has 0 aliphatic rings. The first-order valence-electron chi connectivity index (χ1n) is 12.6. The van der Waals surface area contributed by atoms with Crippen molar-refractivity contribution in [2.24, 2.45) is 0 Å². The molecular formula is C29H34N2O4S2Si. The van der Waals surface area contributed by atoms with E-state index >= 15 is 0 Å². The molecule has 6 nitrogen and oxygen atoms in total. The van der Waals surface area contributed by atoms with E-state index in [0.29, 0.717) is 12.5 Å². The molecule has 2 heterocycles. The van der Waals surface area contributed by atoms with Crippen LogP contribution in [0.2, 0.25) is 25.7 Å². The molecule has 0 bridgehead atoms. The lowest BCUT2D eigenvalue weighted by Crippen LogP contribution is -2.24. The van der Waals surface area contributed by atoms with E-state index in [0.717, 1.165) is 38.7 Å². The third-order valence-corrected chi connectivity index (χ3v) is 12.1. The SMILES string of the molecule is CC(Cc1cc(-c2cccc(-c3cncc(S(=O)(=O)CC[Si](C)(C)C)c3)c2)c2ncccc2c1)S(C)(=O)=O. The molecule has 9 heteroatoms. The lowest BCUT2D eigenvalue weighted by Gasteiger charge is -2.16. The van der Waals surface area contributed by atoms with Crippen LogP contribution >= 0.6 is 0 Å². The molecule has 0 saturated heterocycles. The van der Waals surface area contributed by atoms with Gasteiger partial charge in [0.1, 0.15) is 9.84 Å². The van der Waals surface area contributed by atoms with Crippen molar-refractivity contribution in [1.82, 2.24) is 9.97 Å². The monoisotopic (exact) mass is 566 g/mol. The van der Waals surface area contributed by atoms with Gasteiger partial charge in [-0.3, -0.25) is 9.97 Å². The van der Waals surface area contributed by atoms with Crippen LogP contribution in [-0.4, -0.2) is 52.1 Å². The lowest BCUT2D eigenvalue weighted by molar-refractivity contribution is 0.588. The lowest BCUT2D eigenvalue weighted by atomic mass is 9.95. The van der Waals surface area contributed by atoms with Gasteiger partial charge in [0.05, 0.1) is 21.4 Å². The number of aromatic nitrogens is 2. The summed E-state index contributed by atoms with van der Waals surface area (Å²) in [5.74, 6) is 0.129. The van der Waals surface area contributed by atoms with Crippen molar-refractivity contribution in [3.05, 3.63) is 78.8 Å². The average Bonchev–Trinajstić information content (AvgIpc) is 2.86. The normalized spacial score (nSPS) is 13.5. The van der Waals surface area contributed by atoms with Crippen molar-refractivity contribution in [2.45, 2.75) is 49.2 Å². The van der Waals surface area contributed by atoms with E-state index in [1.165, 1.54) is 12.5 Å². The second-order valence-electron chi connectivity index (χ2n) is 11.2. The fraction of sp³-hybridized carbons (Fsp3) is 0.310. The first kappa shape index (κ1) is 28.1. The van der Waals surface area contributed by atoms with Gasteiger partial charge in [-0.1, -0.05) is 43.9 Å². The predicted molar refractivity (Wildman–Crippen MR) is 159 cm³/mol. The van der Waals surface area contributed by atoms with Gasteiger partial charge in [-0.25, -0.2) is 16.8 Å². The maximum atomic E-state index is 13.0. The van der Waals surface area contributed by atoms with Gasteiger partial charge >= 0.3 is 0 Å². The molecule has 0 amide bonds. The number of rotatable bonds is 9. The van der Waals surface area contributed by atoms with Crippen molar-refractivity contribution in [1.29, 1.82) is 0 Å². The summed E-state index contributed by atoms with van der Waals surface area (Å²) in [5, 5.41) is 0.427. The van der Waals surface area contributed by atoms with Gasteiger partial charge in [0.25, 0.3) is 0 Å². The minimum Gasteiger partial charge on any atom is -0.263 e. The Bertz CT molecular complexity index is 1700. The first-order chi connectivity index (χ1) is 17.7. The van der Waals surface area contributed by atoms with Crippen LogP contribution in [-0.2, 0) is 26.1 Å². The molecule has 4 rings (SSSR count). The minimum absolute atomic E-state index is 0.129. The van der Waals surface area contributed by atoms with E-state index in [2.05, 4.69) is 29.6 Å². The van der Waals surface area contributed by atoms with Gasteiger partial charge < -0.3 is 0 Å². The maximum absolute atomic E-state index is 13.0. The molecule has 38 heavy (non-hydrogen) atoms. The van der Waals surface area contributed by atoms with Crippen LogP contribution in [0.15, 0.2) is 78.1 Å². The van der Waals surface area contributed by atoms with Crippen molar-refractivity contribution in [3.8, 4) is 22.3 Å². The van der Waals surface area contributed by atoms with E-state index in [9.17, 15) is 16.8 Å². The third-order valence-electron chi connectivity index (χ3n) is 6.72. The second kappa shape index (κ2) is 10.7. The number of hydrogen-bond donors (Lipinski definition) is 0. The Morgan fingerprint density at radius 1 is 0.868 bits per heavy atom. The Morgan fingerprint density at radius 3 is 2.32 bits per heavy atom. The van der Waals surface area contributed by atoms with Crippen molar-refractivity contribution >= 4 is 38.7 Å². The second-order valence-corrected chi connectivity index (χ2v) is 21.4. The van der Waals surface area contributed by atoms with Crippen LogP contribution in [0, 0.1) is 0 Å². The van der Waals surface area contributed by atoms with Crippen molar-refractivity contribution in [3.63, 3.8) is 0 Å². The molecule has 0 N–H and O–H groups in total. The summed E-state index contributed by atoms with van der Waals surface area (Å²) in [5.41, 5.74) is 5.11. The predicted octanol–water partition coefficient (Wildman–Crippen LogP) is 6.05. The fourth-order valence-electron chi connectivity index (χ4n) is 4.25. The minimum atomic E-state index is -3.43. The topological polar surface area (TPSA) is 94.1 Å². The van der Waals surface area contributed by atoms with Gasteiger partial charge in [0.2, 0.25) is 0 Å². The molecule has 4 aromatic rings. The van der Waals surface area contributed by atoms with Gasteiger partial charge in [0, 0.05) is 49.4 Å². The van der Waals surface area contributed by atoms with E-state index in [1.54, 1.807) is 25.4 Å². The number of benzene rings is 2. The largest absolute Gasteiger partial charge is 0.263 e. The number of sulfone groups is 2. The number of nitrogens with zero attached hydrogens (tertiary/aromatic N) is 2. The van der Waals surface area contributed by atoms with E-state index in [1.807, 2.05) is 48.5 Å². The van der Waals surface area contributed by atoms with E-state index < -0.39 is 33.0 Å². The summed E-state index contributed by atoms with van der Waals surface area (Å²) in [6, 6.07) is 18.1. The summed E-state index contributed by atoms with van der Waals surface area (Å²) in [6.07, 6.45) is 6.51. The molecule has 1 unspecified atom stereocenters. The van der Waals surface area contributed by atoms with Crippen molar-refractivity contribution in [2.75, 3.05) is 12.0 Å². The Morgan fingerprint density at radius 2 is 1.61 bits per heavy atom. The van der Waals surface area contributed by atoms with Crippen molar-refractivity contribution < 1.29 is 16.8 Å². The number of fused-ring (bicyclic) bond motifs is 1. The van der Waals surface area contributed by atoms with Crippen LogP contribution in [0.5, 0.6) is 0 Å². The molecule has 0 spiro atoms. The summed E-state index contributed by atoms with van der Waals surface area (Å²) < 4.78 is 50.2. The first-order valence-corrected chi connectivity index (χ1v) is 19.9. The van der Waals surface area contributed by atoms with E-state index in [4.69, 9.17) is 0 Å². The molecule has 2 aromatic heterocycles. The van der Waals surface area contributed by atoms with Crippen LogP contribution < -0.4 is 0 Å². The number of pyridine rings is 2. The van der Waals surface area contributed by atoms with Gasteiger partial charge in [-0.15, -0.1) is 0 Å². The molecule has 2 aromatic carbocycles. The fourth-order valence-corrected chi connectivity index (χ4v) is 9.03. The third kappa shape index (κ3) is 6.75. The highest BCUT2D eigenvalue weighted by Gasteiger charge is 2.22. The Balaban J connectivity index is 1.75. The summed E-state index contributed by atoms with van der Waals surface area (Å²) in [7, 11) is -8.11. The molecule has 0 aliphatic carbocycles. The van der Waals surface area contributed by atoms with Gasteiger partial charge in [-0.2, -0.15) is 0 Å². The van der Waals surface area contributed by atoms with Crippen LogP contribution in [0.25, 0.3) is 33.2 Å². The molecule has 0 saturated carbocycles. The quantitative estimate of drug-likeness (QED) is 0.229. The van der Waals surface area contributed by atoms with E-state index in [-0.39, 0.29) is 10.6 Å². The number of hydrogen-bond acceptors (Lipinski definition) is 6. The van der Waals surface area contributed by atoms with Crippen LogP contribution in [0.4, 0.5) is 0 Å². The zero-order valence-electron chi connectivity index (χ0n) is 22.5. The zero-order valence-corrected chi connectivity index (χ0v) is 25.1. The summed E-state index contributed by atoms with van der Waals surface area (Å²) >= 11 is 0. The highest BCUT2D eigenvalue weighted by Crippen LogP contribution is 2.33. The molecule has 0 radical (unpaired) electrons. The Kier molecular flexibility index (Phi) is 7.93. The summed E-state index contributed by atoms with van der Waals surface area (Å²) in [4.78, 5) is 9.10. The average molecular weight is 567 g/mol. The maximum Gasteiger partial charge on any atom is 0.179 e. The molecule has 1 atom stereocenters. The highest BCUT2D eigenvalue weighted by molar-refractivity contribution is 7.91. The standard InChI is InChI=1S/C29H34N2O4S2Si/c1-21(36(2,32)33)14-22-15-25-10-7-11-31-29(25)28(16-22)24-9-6-8-23(17-24)26-18-27(20-30-19-26)37(34,35)12-13-38(3,4)5/h6-11,15-21H,12-14H2,1-5H3. The summed E-state index contributed by atoms with van der Waals surface area (Å²) in [6.45, 7) is 8.22. The Hall–Kier alpha value is -2.88. The van der Waals surface area contributed by atoms with Crippen LogP contribution in [0.1, 0.15) is 12.5 Å². The molecule has 0 aliphatic heterocycles. The molecular weight excluding hydrogens is 533 g/mol. The Labute approximate surface area is 227 Å². The van der Waals surface area contributed by atoms with Gasteiger partial charge in [0.15, 0.2) is 9.84 Å². The molecule has 200 valence electrons. The molecule has 0 fully saturated rings. The smallest absolute Gasteiger partial charge is 0.179 e.